The molecule has 2 saturated heterocycles. The number of nitrogens with one attached hydrogen (secondary N) is 5. The third-order valence-corrected chi connectivity index (χ3v) is 12.3. The maximum atomic E-state index is 14.0. The number of hydrogen-bond donors (Lipinski definition) is 17. The molecule has 28 nitrogen and oxygen atoms in total. The molecule has 3 unspecified atom stereocenters. The molecule has 412 valence electrons. The zero-order valence-electron chi connectivity index (χ0n) is 40.0. The lowest BCUT2D eigenvalue weighted by Gasteiger charge is -2.39. The quantitative estimate of drug-likeness (QED) is 0.0278. The van der Waals surface area contributed by atoms with Crippen molar-refractivity contribution in [3.63, 3.8) is 0 Å². The fraction of sp³-hybridized carbons (Fsp3) is 0.884. The summed E-state index contributed by atoms with van der Waals surface area (Å²) in [5.41, 5.74) is 0. The molecule has 3 rings (SSSR count). The standard InChI is InChI=1S/C43H78N6O22/c1-2-44-28(53)8-3-4-9-29(54)45-10-6-5-7-24(41(66)48-13-14-67-25-17-23(20-50)32(57)36(61)33(25)58)49(18-30(55)46-11-15-68-42-39(64)37(62)34(59)26(21-51)70-42)19-31(56)47-12-16-69-43-40(65)38(63)35(60)27(22-52)71-43/h23-27,32-40,42-43,50-52,57-65H,2-22H2,1H3,(H,44,53)(H,45,54)(H,46,55)(H,47,56)(H,48,66)/t23-,24+,25?,26-,27-,32-,33-,34-,35-,36+,37+,38+,39+,40+,42?,43?/m1/s1. The molecule has 1 saturated carbocycles. The number of carbonyl (C=O) groups excluding carboxylic acids is 5. The second-order valence-corrected chi connectivity index (χ2v) is 17.6. The molecule has 28 heteroatoms. The van der Waals surface area contributed by atoms with Crippen LogP contribution < -0.4 is 26.6 Å². The van der Waals surface area contributed by atoms with Gasteiger partial charge < -0.3 is 112 Å². The molecule has 0 aromatic carbocycles. The molecular formula is C43H78N6O22. The smallest absolute Gasteiger partial charge is 0.237 e. The lowest BCUT2D eigenvalue weighted by atomic mass is 9.81. The van der Waals surface area contributed by atoms with Gasteiger partial charge in [-0.2, -0.15) is 0 Å². The van der Waals surface area contributed by atoms with Crippen molar-refractivity contribution in [1.82, 2.24) is 31.5 Å². The first-order valence-electron chi connectivity index (χ1n) is 24.1. The number of unbranched alkanes of at least 4 members (excludes halogenated alkanes) is 2. The Kier molecular flexibility index (Phi) is 28.6. The Bertz CT molecular complexity index is 1530. The average molecular weight is 1030 g/mol. The number of ether oxygens (including phenoxy) is 5. The summed E-state index contributed by atoms with van der Waals surface area (Å²) in [5, 5.41) is 134. The summed E-state index contributed by atoms with van der Waals surface area (Å²) in [6, 6.07) is -1.21. The Morgan fingerprint density at radius 2 is 0.986 bits per heavy atom. The van der Waals surface area contributed by atoms with Crippen molar-refractivity contribution < 1.29 is 109 Å². The number of rotatable bonds is 32. The van der Waals surface area contributed by atoms with Crippen LogP contribution in [0.5, 0.6) is 0 Å². The largest absolute Gasteiger partial charge is 0.396 e. The van der Waals surface area contributed by atoms with Gasteiger partial charge in [-0.1, -0.05) is 0 Å². The van der Waals surface area contributed by atoms with Crippen molar-refractivity contribution >= 4 is 29.5 Å². The zero-order valence-corrected chi connectivity index (χ0v) is 40.0. The second kappa shape index (κ2) is 32.7. The molecule has 16 atom stereocenters. The molecule has 0 aromatic rings. The van der Waals surface area contributed by atoms with Gasteiger partial charge in [-0.3, -0.25) is 28.9 Å². The average Bonchev–Trinajstić information content (AvgIpc) is 3.34. The van der Waals surface area contributed by atoms with Gasteiger partial charge in [0.05, 0.1) is 64.4 Å². The molecule has 71 heavy (non-hydrogen) atoms. The molecule has 17 N–H and O–H groups in total. The number of amides is 5. The third kappa shape index (κ3) is 20.1. The van der Waals surface area contributed by atoms with Gasteiger partial charge in [-0.05, 0) is 45.4 Å². The molecule has 0 bridgehead atoms. The van der Waals surface area contributed by atoms with Crippen LogP contribution in [0.2, 0.25) is 0 Å². The van der Waals surface area contributed by atoms with Gasteiger partial charge >= 0.3 is 0 Å². The number of carbonyl (C=O) groups is 5. The van der Waals surface area contributed by atoms with Crippen molar-refractivity contribution in [2.45, 2.75) is 150 Å². The van der Waals surface area contributed by atoms with Gasteiger partial charge in [0.15, 0.2) is 12.6 Å². The molecular weight excluding hydrogens is 952 g/mol. The van der Waals surface area contributed by atoms with Crippen LogP contribution in [0.15, 0.2) is 0 Å². The SMILES string of the molecule is CCNC(=O)CCCCC(=O)NCCCC[C@@H](C(=O)NCCOC1C[C@H](CO)[C@@H](O)[C@H](O)[C@@H]1O)N(CC(=O)NCCOC1O[C@H](CO)[C@@H](O)[C@H](O)[C@@H]1O)CC(=O)NCCOC1O[C@H](CO)[C@@H](O)[C@H](O)[C@@H]1O. The van der Waals surface area contributed by atoms with Crippen LogP contribution in [0.3, 0.4) is 0 Å². The van der Waals surface area contributed by atoms with Crippen LogP contribution in [0, 0.1) is 5.92 Å². The van der Waals surface area contributed by atoms with Gasteiger partial charge in [0.25, 0.3) is 0 Å². The first-order valence-corrected chi connectivity index (χ1v) is 24.1. The molecule has 1 aliphatic carbocycles. The highest BCUT2D eigenvalue weighted by Gasteiger charge is 2.46. The molecule has 5 amide bonds. The van der Waals surface area contributed by atoms with Crippen molar-refractivity contribution in [1.29, 1.82) is 0 Å². The molecule has 0 radical (unpaired) electrons. The van der Waals surface area contributed by atoms with Crippen molar-refractivity contribution in [2.75, 3.05) is 85.5 Å². The first-order chi connectivity index (χ1) is 33.9. The van der Waals surface area contributed by atoms with E-state index in [2.05, 4.69) is 26.6 Å². The Balaban J connectivity index is 1.71. The Morgan fingerprint density at radius 1 is 0.521 bits per heavy atom. The van der Waals surface area contributed by atoms with Gasteiger partial charge in [0.2, 0.25) is 29.5 Å². The summed E-state index contributed by atoms with van der Waals surface area (Å²) in [6.45, 7) is -1.96. The van der Waals surface area contributed by atoms with Crippen LogP contribution in [0.1, 0.15) is 58.3 Å². The topological polar surface area (TPSA) is 438 Å². The summed E-state index contributed by atoms with van der Waals surface area (Å²) in [7, 11) is 0. The van der Waals surface area contributed by atoms with Gasteiger partial charge in [-0.15, -0.1) is 0 Å². The monoisotopic (exact) mass is 1030 g/mol. The molecule has 0 aromatic heterocycles. The maximum absolute atomic E-state index is 14.0. The minimum absolute atomic E-state index is 0.00175. The minimum atomic E-state index is -1.71. The molecule has 2 aliphatic heterocycles. The predicted octanol–water partition coefficient (Wildman–Crippen LogP) is -8.90. The van der Waals surface area contributed by atoms with E-state index >= 15 is 0 Å². The van der Waals surface area contributed by atoms with E-state index < -0.39 is 148 Å². The van der Waals surface area contributed by atoms with Crippen molar-refractivity contribution in [3.8, 4) is 0 Å². The van der Waals surface area contributed by atoms with E-state index in [9.17, 15) is 85.3 Å². The Morgan fingerprint density at radius 3 is 1.48 bits per heavy atom. The summed E-state index contributed by atoms with van der Waals surface area (Å²) >= 11 is 0. The van der Waals surface area contributed by atoms with E-state index in [-0.39, 0.29) is 89.9 Å². The van der Waals surface area contributed by atoms with E-state index in [1.54, 1.807) is 6.92 Å². The Labute approximate surface area is 410 Å². The fourth-order valence-electron chi connectivity index (χ4n) is 8.14. The Hall–Kier alpha value is -3.37. The lowest BCUT2D eigenvalue weighted by Crippen LogP contribution is -2.59. The van der Waals surface area contributed by atoms with Crippen molar-refractivity contribution in [3.05, 3.63) is 0 Å². The zero-order chi connectivity index (χ0) is 52.6. The lowest BCUT2D eigenvalue weighted by molar-refractivity contribution is -0.300. The normalized spacial score (nSPS) is 31.4. The van der Waals surface area contributed by atoms with E-state index in [1.807, 2.05) is 0 Å². The molecule has 2 heterocycles. The van der Waals surface area contributed by atoms with Gasteiger partial charge in [0, 0.05) is 58.1 Å². The van der Waals surface area contributed by atoms with E-state index in [0.29, 0.717) is 25.8 Å². The predicted molar refractivity (Wildman–Crippen MR) is 241 cm³/mol. The molecule has 0 spiro atoms. The summed E-state index contributed by atoms with van der Waals surface area (Å²) in [4.78, 5) is 66.5. The minimum Gasteiger partial charge on any atom is -0.396 e. The third-order valence-electron chi connectivity index (χ3n) is 12.3. The highest BCUT2D eigenvalue weighted by Crippen LogP contribution is 2.28. The maximum Gasteiger partial charge on any atom is 0.237 e. The number of nitrogens with zero attached hydrogens (tertiary/aromatic N) is 1. The number of hydrogen-bond acceptors (Lipinski definition) is 23. The first kappa shape index (κ1) is 61.9. The molecule has 3 aliphatic rings. The summed E-state index contributed by atoms with van der Waals surface area (Å²) < 4.78 is 27.2. The highest BCUT2D eigenvalue weighted by atomic mass is 16.7. The van der Waals surface area contributed by atoms with Crippen LogP contribution >= 0.6 is 0 Å². The van der Waals surface area contributed by atoms with E-state index in [0.717, 1.165) is 0 Å². The van der Waals surface area contributed by atoms with E-state index in [1.165, 1.54) is 4.90 Å². The van der Waals surface area contributed by atoms with Gasteiger partial charge in [-0.25, -0.2) is 0 Å². The number of aliphatic hydroxyl groups excluding tert-OH is 12. The van der Waals surface area contributed by atoms with Crippen LogP contribution in [-0.2, 0) is 47.7 Å². The van der Waals surface area contributed by atoms with E-state index in [4.69, 9.17) is 23.7 Å². The second-order valence-electron chi connectivity index (χ2n) is 17.6. The fourth-order valence-corrected chi connectivity index (χ4v) is 8.14. The highest BCUT2D eigenvalue weighted by molar-refractivity contribution is 5.86. The summed E-state index contributed by atoms with van der Waals surface area (Å²) in [5.74, 6) is -3.24. The van der Waals surface area contributed by atoms with Gasteiger partial charge in [0.1, 0.15) is 61.0 Å². The molecule has 3 fully saturated rings. The number of aliphatic hydroxyl groups is 12. The summed E-state index contributed by atoms with van der Waals surface area (Å²) in [6.07, 6.45) is -18.9. The van der Waals surface area contributed by atoms with Crippen LogP contribution in [-0.4, -0.2) is 273 Å². The van der Waals surface area contributed by atoms with Crippen LogP contribution in [0.25, 0.3) is 0 Å². The van der Waals surface area contributed by atoms with Crippen molar-refractivity contribution in [2.24, 2.45) is 5.92 Å². The van der Waals surface area contributed by atoms with Crippen LogP contribution in [0.4, 0.5) is 0 Å².